The van der Waals surface area contributed by atoms with Gasteiger partial charge in [0.2, 0.25) is 5.91 Å². The van der Waals surface area contributed by atoms with E-state index in [-0.39, 0.29) is 17.2 Å². The Balaban J connectivity index is 1.68. The Morgan fingerprint density at radius 2 is 1.31 bits per heavy atom. The van der Waals surface area contributed by atoms with Crippen molar-refractivity contribution in [3.63, 3.8) is 0 Å². The summed E-state index contributed by atoms with van der Waals surface area (Å²) in [6.07, 6.45) is 0.759. The molecule has 0 bridgehead atoms. The number of carbonyl (C=O) groups is 1. The summed E-state index contributed by atoms with van der Waals surface area (Å²) >= 11 is 12.4. The van der Waals surface area contributed by atoms with Gasteiger partial charge in [-0.05, 0) is 29.7 Å². The van der Waals surface area contributed by atoms with Crippen LogP contribution in [0, 0.1) is 5.92 Å². The van der Waals surface area contributed by atoms with Crippen molar-refractivity contribution in [1.82, 2.24) is 0 Å². The van der Waals surface area contributed by atoms with Gasteiger partial charge in [-0.3, -0.25) is 4.79 Å². The van der Waals surface area contributed by atoms with Crippen LogP contribution in [0.4, 0.5) is 5.69 Å². The van der Waals surface area contributed by atoms with Gasteiger partial charge in [0.05, 0.1) is 21.7 Å². The maximum atomic E-state index is 13.0. The first-order valence-electron chi connectivity index (χ1n) is 8.49. The maximum Gasteiger partial charge on any atom is 0.228 e. The summed E-state index contributed by atoms with van der Waals surface area (Å²) in [4.78, 5) is 13.0. The lowest BCUT2D eigenvalue weighted by atomic mass is 9.85. The Bertz CT molecular complexity index is 881. The Morgan fingerprint density at radius 3 is 1.81 bits per heavy atom. The molecule has 1 amide bonds. The van der Waals surface area contributed by atoms with E-state index >= 15 is 0 Å². The minimum Gasteiger partial charge on any atom is -0.323 e. The van der Waals surface area contributed by atoms with Crippen molar-refractivity contribution in [3.05, 3.63) is 100 Å². The predicted molar refractivity (Wildman–Crippen MR) is 107 cm³/mol. The zero-order valence-electron chi connectivity index (χ0n) is 14.0. The molecule has 0 saturated heterocycles. The molecule has 1 N–H and O–H groups in total. The number of para-hydroxylation sites is 1. The van der Waals surface area contributed by atoms with E-state index in [2.05, 4.69) is 29.6 Å². The van der Waals surface area contributed by atoms with Crippen molar-refractivity contribution in [2.45, 2.75) is 11.8 Å². The Hall–Kier alpha value is -2.29. The quantitative estimate of drug-likeness (QED) is 0.595. The van der Waals surface area contributed by atoms with Gasteiger partial charge in [-0.2, -0.15) is 0 Å². The summed E-state index contributed by atoms with van der Waals surface area (Å²) < 4.78 is 0. The van der Waals surface area contributed by atoms with Gasteiger partial charge in [0, 0.05) is 5.41 Å². The van der Waals surface area contributed by atoms with Crippen molar-refractivity contribution < 1.29 is 4.79 Å². The van der Waals surface area contributed by atoms with Crippen LogP contribution in [0.15, 0.2) is 78.9 Å². The molecule has 2 nitrogen and oxygen atoms in total. The van der Waals surface area contributed by atoms with Crippen LogP contribution in [-0.2, 0) is 10.2 Å². The Labute approximate surface area is 162 Å². The van der Waals surface area contributed by atoms with Crippen molar-refractivity contribution >= 4 is 34.8 Å². The molecule has 3 aromatic rings. The van der Waals surface area contributed by atoms with Gasteiger partial charge in [0.25, 0.3) is 0 Å². The highest BCUT2D eigenvalue weighted by molar-refractivity contribution is 6.39. The summed E-state index contributed by atoms with van der Waals surface area (Å²) in [5, 5.41) is 3.81. The third-order valence-electron chi connectivity index (χ3n) is 5.07. The molecule has 1 fully saturated rings. The molecule has 26 heavy (non-hydrogen) atoms. The summed E-state index contributed by atoms with van der Waals surface area (Å²) in [6.45, 7) is 0. The second-order valence-electron chi connectivity index (χ2n) is 6.55. The van der Waals surface area contributed by atoms with Gasteiger partial charge in [0.15, 0.2) is 0 Å². The molecule has 0 heterocycles. The number of anilines is 1. The molecule has 0 aliphatic heterocycles. The van der Waals surface area contributed by atoms with E-state index in [9.17, 15) is 4.79 Å². The second-order valence-corrected chi connectivity index (χ2v) is 7.36. The zero-order valence-corrected chi connectivity index (χ0v) is 15.5. The lowest BCUT2D eigenvalue weighted by Gasteiger charge is -2.19. The summed E-state index contributed by atoms with van der Waals surface area (Å²) in [5.41, 5.74) is 2.47. The van der Waals surface area contributed by atoms with Crippen molar-refractivity contribution in [1.29, 1.82) is 0 Å². The fraction of sp³-hybridized carbons (Fsp3) is 0.136. The van der Waals surface area contributed by atoms with Gasteiger partial charge in [0.1, 0.15) is 0 Å². The van der Waals surface area contributed by atoms with E-state index < -0.39 is 0 Å². The SMILES string of the molecule is O=C(Nc1c(Cl)cccc1Cl)C1CC1(c1ccccc1)c1ccccc1. The highest BCUT2D eigenvalue weighted by Gasteiger charge is 2.60. The van der Waals surface area contributed by atoms with Gasteiger partial charge >= 0.3 is 0 Å². The molecular weight excluding hydrogens is 365 g/mol. The first kappa shape index (κ1) is 17.1. The topological polar surface area (TPSA) is 29.1 Å². The Morgan fingerprint density at radius 1 is 0.808 bits per heavy atom. The fourth-order valence-electron chi connectivity index (χ4n) is 3.68. The largest absolute Gasteiger partial charge is 0.323 e. The fourth-order valence-corrected chi connectivity index (χ4v) is 4.17. The van der Waals surface area contributed by atoms with Crippen LogP contribution in [0.3, 0.4) is 0 Å². The van der Waals surface area contributed by atoms with Gasteiger partial charge in [-0.25, -0.2) is 0 Å². The summed E-state index contributed by atoms with van der Waals surface area (Å²) in [5.74, 6) is -0.229. The zero-order chi connectivity index (χ0) is 18.1. The number of nitrogens with one attached hydrogen (secondary N) is 1. The number of benzene rings is 3. The molecule has 1 unspecified atom stereocenters. The molecule has 4 rings (SSSR count). The highest BCUT2D eigenvalue weighted by atomic mass is 35.5. The van der Waals surface area contributed by atoms with Crippen LogP contribution in [0.5, 0.6) is 0 Å². The van der Waals surface area contributed by atoms with E-state index in [1.54, 1.807) is 18.2 Å². The third-order valence-corrected chi connectivity index (χ3v) is 5.70. The van der Waals surface area contributed by atoms with E-state index in [0.29, 0.717) is 15.7 Å². The first-order chi connectivity index (χ1) is 12.6. The van der Waals surface area contributed by atoms with Gasteiger partial charge < -0.3 is 5.32 Å². The van der Waals surface area contributed by atoms with Crippen LogP contribution >= 0.6 is 23.2 Å². The normalized spacial score (nSPS) is 17.5. The second kappa shape index (κ2) is 6.79. The van der Waals surface area contributed by atoms with Crippen molar-refractivity contribution in [2.75, 3.05) is 5.32 Å². The number of rotatable bonds is 4. The molecule has 0 spiro atoms. The van der Waals surface area contributed by atoms with E-state index in [1.165, 1.54) is 0 Å². The average molecular weight is 382 g/mol. The first-order valence-corrected chi connectivity index (χ1v) is 9.24. The van der Waals surface area contributed by atoms with E-state index in [1.807, 2.05) is 36.4 Å². The molecule has 0 aromatic heterocycles. The molecule has 3 aromatic carbocycles. The number of hydrogen-bond donors (Lipinski definition) is 1. The predicted octanol–water partition coefficient (Wildman–Crippen LogP) is 5.94. The van der Waals surface area contributed by atoms with Crippen LogP contribution in [0.1, 0.15) is 17.5 Å². The van der Waals surface area contributed by atoms with E-state index in [4.69, 9.17) is 23.2 Å². The van der Waals surface area contributed by atoms with Crippen LogP contribution in [0.2, 0.25) is 10.0 Å². The average Bonchev–Trinajstić information content (AvgIpc) is 3.43. The molecule has 4 heteroatoms. The third kappa shape index (κ3) is 2.90. The molecular formula is C22H17Cl2NO. The standard InChI is InChI=1S/C22H17Cl2NO/c23-18-12-7-13-19(24)20(18)25-21(26)17-14-22(17,15-8-3-1-4-9-15)16-10-5-2-6-11-16/h1-13,17H,14H2,(H,25,26). The number of carbonyl (C=O) groups excluding carboxylic acids is 1. The van der Waals surface area contributed by atoms with Crippen LogP contribution in [0.25, 0.3) is 0 Å². The molecule has 1 saturated carbocycles. The lowest BCUT2D eigenvalue weighted by Crippen LogP contribution is -2.22. The minimum atomic E-state index is -0.305. The number of hydrogen-bond acceptors (Lipinski definition) is 1. The van der Waals surface area contributed by atoms with Crippen LogP contribution < -0.4 is 5.32 Å². The number of amides is 1. The van der Waals surface area contributed by atoms with Crippen molar-refractivity contribution in [2.24, 2.45) is 5.92 Å². The molecule has 1 aliphatic carbocycles. The summed E-state index contributed by atoms with van der Waals surface area (Å²) in [6, 6.07) is 25.6. The van der Waals surface area contributed by atoms with Crippen molar-refractivity contribution in [3.8, 4) is 0 Å². The van der Waals surface area contributed by atoms with Gasteiger partial charge in [-0.1, -0.05) is 89.9 Å². The lowest BCUT2D eigenvalue weighted by molar-refractivity contribution is -0.117. The summed E-state index contributed by atoms with van der Waals surface area (Å²) in [7, 11) is 0. The Kier molecular flexibility index (Phi) is 4.47. The van der Waals surface area contributed by atoms with Crippen LogP contribution in [-0.4, -0.2) is 5.91 Å². The van der Waals surface area contributed by atoms with E-state index in [0.717, 1.165) is 17.5 Å². The maximum absolute atomic E-state index is 13.0. The minimum absolute atomic E-state index is 0.0623. The molecule has 0 radical (unpaired) electrons. The molecule has 1 atom stereocenters. The smallest absolute Gasteiger partial charge is 0.228 e. The molecule has 1 aliphatic rings. The van der Waals surface area contributed by atoms with Gasteiger partial charge in [-0.15, -0.1) is 0 Å². The monoisotopic (exact) mass is 381 g/mol. The number of halogens is 2. The molecule has 130 valence electrons. The highest BCUT2D eigenvalue weighted by Crippen LogP contribution is 2.59.